The lowest BCUT2D eigenvalue weighted by molar-refractivity contribution is -0.112. The number of carbonyl (C=O) groups excluding carboxylic acids is 1. The number of carbonyl (C=O) groups is 1. The van der Waals surface area contributed by atoms with E-state index in [4.69, 9.17) is 9.47 Å². The highest BCUT2D eigenvalue weighted by Gasteiger charge is 2.42. The summed E-state index contributed by atoms with van der Waals surface area (Å²) in [5, 5.41) is 16.0. The van der Waals surface area contributed by atoms with Crippen LogP contribution in [0.2, 0.25) is 0 Å². The summed E-state index contributed by atoms with van der Waals surface area (Å²) in [6.07, 6.45) is 0.307. The van der Waals surface area contributed by atoms with Crippen molar-refractivity contribution in [1.82, 2.24) is 4.90 Å². The van der Waals surface area contributed by atoms with Gasteiger partial charge < -0.3 is 24.8 Å². The molecule has 2 N–H and O–H groups in total. The van der Waals surface area contributed by atoms with Crippen LogP contribution >= 0.6 is 0 Å². The molecule has 166 valence electrons. The number of aliphatic imine (C=N–C) groups is 1. The number of amides is 1. The Labute approximate surface area is 191 Å². The Hall–Kier alpha value is -4.00. The van der Waals surface area contributed by atoms with Crippen molar-refractivity contribution >= 4 is 28.2 Å². The number of aliphatic hydroxyl groups excluding tert-OH is 1. The normalized spacial score (nSPS) is 21.2. The second kappa shape index (κ2) is 7.55. The summed E-state index contributed by atoms with van der Waals surface area (Å²) < 4.78 is 11.0. The predicted molar refractivity (Wildman–Crippen MR) is 126 cm³/mol. The molecule has 0 unspecified atom stereocenters. The van der Waals surface area contributed by atoms with E-state index in [0.29, 0.717) is 36.0 Å². The van der Waals surface area contributed by atoms with E-state index in [1.54, 1.807) is 0 Å². The van der Waals surface area contributed by atoms with Crippen LogP contribution in [0.25, 0.3) is 10.8 Å². The molecule has 0 saturated heterocycles. The van der Waals surface area contributed by atoms with Crippen LogP contribution < -0.4 is 14.8 Å². The Bertz CT molecular complexity index is 1340. The quantitative estimate of drug-likeness (QED) is 0.622. The van der Waals surface area contributed by atoms with Gasteiger partial charge in [0.15, 0.2) is 11.5 Å². The van der Waals surface area contributed by atoms with E-state index in [2.05, 4.69) is 22.1 Å². The molecule has 0 fully saturated rings. The number of fused-ring (bicyclic) bond motifs is 3. The van der Waals surface area contributed by atoms with E-state index in [0.717, 1.165) is 16.3 Å². The van der Waals surface area contributed by atoms with Crippen LogP contribution in [0.3, 0.4) is 0 Å². The fourth-order valence-corrected chi connectivity index (χ4v) is 4.92. The maximum atomic E-state index is 13.4. The largest absolute Gasteiger partial charge is 0.511 e. The highest BCUT2D eigenvalue weighted by Crippen LogP contribution is 2.42. The second-order valence-corrected chi connectivity index (χ2v) is 8.56. The minimum Gasteiger partial charge on any atom is -0.511 e. The molecule has 33 heavy (non-hydrogen) atoms. The van der Waals surface area contributed by atoms with Gasteiger partial charge in [-0.1, -0.05) is 42.5 Å². The van der Waals surface area contributed by atoms with E-state index >= 15 is 0 Å². The number of rotatable bonds is 3. The number of amidine groups is 1. The molecule has 2 atom stereocenters. The number of ether oxygens (including phenoxy) is 2. The Morgan fingerprint density at radius 2 is 1.91 bits per heavy atom. The topological polar surface area (TPSA) is 83.4 Å². The summed E-state index contributed by atoms with van der Waals surface area (Å²) in [4.78, 5) is 20.2. The van der Waals surface area contributed by atoms with Gasteiger partial charge in [-0.25, -0.2) is 0 Å². The minimum atomic E-state index is -0.356. The molecule has 3 aliphatic heterocycles. The smallest absolute Gasteiger partial charge is 0.262 e. The standard InChI is InChI=1S/C26H23N3O4/c1-15-13-27-25-24(26(31)28-19-8-4-6-16-5-2-3-7-18(16)19)21(30)12-20(29(15)25)17-9-10-22-23(11-17)33-14-32-22/h2-11,15,20,30H,12-14H2,1H3,(H,28,31)/t15-,20+/m1/s1. The van der Waals surface area contributed by atoms with Gasteiger partial charge in [0.05, 0.1) is 12.6 Å². The van der Waals surface area contributed by atoms with E-state index in [9.17, 15) is 9.90 Å². The maximum Gasteiger partial charge on any atom is 0.262 e. The third-order valence-electron chi connectivity index (χ3n) is 6.51. The molecule has 0 aromatic heterocycles. The van der Waals surface area contributed by atoms with Gasteiger partial charge in [-0.05, 0) is 36.1 Å². The lowest BCUT2D eigenvalue weighted by Gasteiger charge is -2.38. The monoisotopic (exact) mass is 441 g/mol. The van der Waals surface area contributed by atoms with Crippen LogP contribution in [0.5, 0.6) is 11.5 Å². The number of nitrogens with one attached hydrogen (secondary N) is 1. The molecule has 3 aromatic rings. The van der Waals surface area contributed by atoms with E-state index in [1.807, 2.05) is 60.7 Å². The molecule has 3 aliphatic rings. The molecular formula is C26H23N3O4. The van der Waals surface area contributed by atoms with Crippen molar-refractivity contribution in [3.05, 3.63) is 77.6 Å². The van der Waals surface area contributed by atoms with Crippen molar-refractivity contribution in [3.63, 3.8) is 0 Å². The average Bonchev–Trinajstić information content (AvgIpc) is 3.45. The summed E-state index contributed by atoms with van der Waals surface area (Å²) in [6.45, 7) is 2.85. The molecule has 3 aromatic carbocycles. The molecule has 7 nitrogen and oxygen atoms in total. The first-order valence-electron chi connectivity index (χ1n) is 11.0. The van der Waals surface area contributed by atoms with Crippen molar-refractivity contribution < 1.29 is 19.4 Å². The summed E-state index contributed by atoms with van der Waals surface area (Å²) in [6, 6.07) is 19.4. The Morgan fingerprint density at radius 1 is 1.09 bits per heavy atom. The number of hydrogen-bond acceptors (Lipinski definition) is 6. The van der Waals surface area contributed by atoms with Crippen molar-refractivity contribution in [1.29, 1.82) is 0 Å². The Kier molecular flexibility index (Phi) is 4.50. The summed E-state index contributed by atoms with van der Waals surface area (Å²) in [7, 11) is 0. The van der Waals surface area contributed by atoms with Gasteiger partial charge in [0.25, 0.3) is 5.91 Å². The summed E-state index contributed by atoms with van der Waals surface area (Å²) in [5.74, 6) is 1.63. The Balaban J connectivity index is 1.35. The third kappa shape index (κ3) is 3.19. The lowest BCUT2D eigenvalue weighted by atomic mass is 9.92. The van der Waals surface area contributed by atoms with Gasteiger partial charge in [0.1, 0.15) is 17.2 Å². The van der Waals surface area contributed by atoms with Crippen molar-refractivity contribution in [2.24, 2.45) is 4.99 Å². The third-order valence-corrected chi connectivity index (χ3v) is 6.51. The van der Waals surface area contributed by atoms with E-state index in [-0.39, 0.29) is 36.1 Å². The van der Waals surface area contributed by atoms with Crippen LogP contribution in [0.1, 0.15) is 24.9 Å². The van der Waals surface area contributed by atoms with Crippen LogP contribution in [0.4, 0.5) is 5.69 Å². The molecule has 0 aliphatic carbocycles. The van der Waals surface area contributed by atoms with Crippen LogP contribution in [-0.4, -0.2) is 41.1 Å². The van der Waals surface area contributed by atoms with Gasteiger partial charge in [0.2, 0.25) is 6.79 Å². The minimum absolute atomic E-state index is 0.0412. The fraction of sp³-hybridized carbons (Fsp3) is 0.231. The maximum absolute atomic E-state index is 13.4. The van der Waals surface area contributed by atoms with E-state index < -0.39 is 0 Å². The number of hydrogen-bond donors (Lipinski definition) is 2. The van der Waals surface area contributed by atoms with Crippen molar-refractivity contribution in [2.45, 2.75) is 25.4 Å². The van der Waals surface area contributed by atoms with Crippen molar-refractivity contribution in [2.75, 3.05) is 18.7 Å². The van der Waals surface area contributed by atoms with Gasteiger partial charge in [-0.2, -0.15) is 0 Å². The van der Waals surface area contributed by atoms with Gasteiger partial charge in [-0.15, -0.1) is 0 Å². The zero-order valence-electron chi connectivity index (χ0n) is 18.1. The van der Waals surface area contributed by atoms with Crippen LogP contribution in [-0.2, 0) is 4.79 Å². The lowest BCUT2D eigenvalue weighted by Crippen LogP contribution is -2.44. The molecule has 7 heteroatoms. The molecular weight excluding hydrogens is 418 g/mol. The molecule has 1 amide bonds. The highest BCUT2D eigenvalue weighted by atomic mass is 16.7. The van der Waals surface area contributed by atoms with E-state index in [1.165, 1.54) is 0 Å². The van der Waals surface area contributed by atoms with Crippen LogP contribution in [0.15, 0.2) is 77.0 Å². The number of benzene rings is 3. The zero-order chi connectivity index (χ0) is 22.5. The molecule has 0 radical (unpaired) electrons. The zero-order valence-corrected chi connectivity index (χ0v) is 18.1. The molecule has 0 saturated carbocycles. The first-order chi connectivity index (χ1) is 16.1. The summed E-state index contributed by atoms with van der Waals surface area (Å²) in [5.41, 5.74) is 1.93. The fourth-order valence-electron chi connectivity index (χ4n) is 4.92. The first-order valence-corrected chi connectivity index (χ1v) is 11.0. The molecule has 0 bridgehead atoms. The van der Waals surface area contributed by atoms with Crippen molar-refractivity contribution in [3.8, 4) is 11.5 Å². The van der Waals surface area contributed by atoms with Gasteiger partial charge >= 0.3 is 0 Å². The van der Waals surface area contributed by atoms with Gasteiger partial charge in [-0.3, -0.25) is 9.79 Å². The number of anilines is 1. The summed E-state index contributed by atoms with van der Waals surface area (Å²) >= 11 is 0. The highest BCUT2D eigenvalue weighted by molar-refractivity contribution is 6.26. The SMILES string of the molecule is C[C@@H]1CN=C2C(C(=O)Nc3cccc4ccccc34)=C(O)C[C@@H](c3ccc4c(c3)OCO4)N21. The first kappa shape index (κ1) is 19.7. The Morgan fingerprint density at radius 3 is 2.82 bits per heavy atom. The number of nitrogens with zero attached hydrogens (tertiary/aromatic N) is 2. The molecule has 6 rings (SSSR count). The molecule has 0 spiro atoms. The second-order valence-electron chi connectivity index (χ2n) is 8.56. The molecule has 3 heterocycles. The number of aliphatic hydroxyl groups is 1. The average molecular weight is 441 g/mol. The predicted octanol–water partition coefficient (Wildman–Crippen LogP) is 4.57. The van der Waals surface area contributed by atoms with Crippen LogP contribution in [0, 0.1) is 0 Å². The van der Waals surface area contributed by atoms with Gasteiger partial charge in [0, 0.05) is 23.5 Å².